The zero-order valence-corrected chi connectivity index (χ0v) is 14.3. The number of rotatable bonds is 5. The van der Waals surface area contributed by atoms with Crippen LogP contribution in [0.2, 0.25) is 0 Å². The maximum absolute atomic E-state index is 12.0. The number of hydrogen-bond donors (Lipinski definition) is 2. The van der Waals surface area contributed by atoms with Crippen LogP contribution in [0.5, 0.6) is 0 Å². The summed E-state index contributed by atoms with van der Waals surface area (Å²) >= 11 is 0. The molecule has 0 spiro atoms. The van der Waals surface area contributed by atoms with Gasteiger partial charge in [-0.05, 0) is 37.8 Å². The summed E-state index contributed by atoms with van der Waals surface area (Å²) in [7, 11) is 0. The molecule has 2 amide bonds. The highest BCUT2D eigenvalue weighted by Gasteiger charge is 2.27. The molecule has 0 aromatic carbocycles. The molecule has 0 atom stereocenters. The third-order valence-corrected chi connectivity index (χ3v) is 4.85. The van der Waals surface area contributed by atoms with E-state index in [-0.39, 0.29) is 11.9 Å². The molecule has 1 saturated carbocycles. The van der Waals surface area contributed by atoms with E-state index >= 15 is 0 Å². The van der Waals surface area contributed by atoms with Gasteiger partial charge in [0.1, 0.15) is 5.82 Å². The minimum Gasteiger partial charge on any atom is -0.365 e. The van der Waals surface area contributed by atoms with E-state index in [1.807, 2.05) is 0 Å². The molecular weight excluding hydrogens is 334 g/mol. The number of hydrogen-bond acceptors (Lipinski definition) is 6. The Hall–Kier alpha value is -2.97. The summed E-state index contributed by atoms with van der Waals surface area (Å²) in [4.78, 5) is 30.0. The molecule has 9 heteroatoms. The number of nitrogens with two attached hydrogens (primary N) is 1. The highest BCUT2D eigenvalue weighted by Crippen LogP contribution is 2.27. The summed E-state index contributed by atoms with van der Waals surface area (Å²) in [6.07, 6.45) is 7.10. The van der Waals surface area contributed by atoms with Crippen LogP contribution in [0.25, 0.3) is 0 Å². The second kappa shape index (κ2) is 6.74. The Balaban J connectivity index is 1.40. The van der Waals surface area contributed by atoms with Crippen molar-refractivity contribution in [3.63, 3.8) is 0 Å². The Labute approximate surface area is 150 Å². The maximum atomic E-state index is 12.0. The smallest absolute Gasteiger partial charge is 0.273 e. The van der Waals surface area contributed by atoms with Crippen molar-refractivity contribution in [3.8, 4) is 0 Å². The number of nitrogens with one attached hydrogen (secondary N) is 1. The largest absolute Gasteiger partial charge is 0.365 e. The summed E-state index contributed by atoms with van der Waals surface area (Å²) in [5.74, 6) is -0.00451. The number of carbonyl (C=O) groups excluding carboxylic acids is 2. The van der Waals surface area contributed by atoms with Crippen LogP contribution in [0.4, 0.5) is 5.82 Å². The molecular formula is C17H21N7O2. The number of primary amides is 1. The molecule has 136 valence electrons. The molecule has 3 heterocycles. The molecule has 1 saturated heterocycles. The predicted octanol–water partition coefficient (Wildman–Crippen LogP) is 0.506. The van der Waals surface area contributed by atoms with E-state index in [1.165, 1.54) is 0 Å². The second-order valence-corrected chi connectivity index (χ2v) is 6.79. The molecule has 1 aliphatic carbocycles. The van der Waals surface area contributed by atoms with Gasteiger partial charge in [0.25, 0.3) is 11.8 Å². The predicted molar refractivity (Wildman–Crippen MR) is 93.7 cm³/mol. The van der Waals surface area contributed by atoms with E-state index in [0.717, 1.165) is 38.8 Å². The van der Waals surface area contributed by atoms with Crippen molar-refractivity contribution in [2.75, 3.05) is 18.0 Å². The first-order valence-corrected chi connectivity index (χ1v) is 8.84. The minimum absolute atomic E-state index is 0.157. The summed E-state index contributed by atoms with van der Waals surface area (Å²) in [5.41, 5.74) is 6.24. The molecule has 2 aliphatic rings. The van der Waals surface area contributed by atoms with Gasteiger partial charge < -0.3 is 16.0 Å². The molecule has 0 bridgehead atoms. The topological polar surface area (TPSA) is 119 Å². The Bertz CT molecular complexity index is 822. The van der Waals surface area contributed by atoms with Gasteiger partial charge in [-0.15, -0.1) is 5.10 Å². The summed E-state index contributed by atoms with van der Waals surface area (Å²) in [6, 6.07) is 3.87. The van der Waals surface area contributed by atoms with E-state index in [4.69, 9.17) is 5.73 Å². The van der Waals surface area contributed by atoms with E-state index in [2.05, 4.69) is 25.5 Å². The van der Waals surface area contributed by atoms with E-state index in [0.29, 0.717) is 23.1 Å². The number of pyridine rings is 1. The van der Waals surface area contributed by atoms with Gasteiger partial charge in [-0.2, -0.15) is 0 Å². The SMILES string of the molecule is NC(=O)c1cccnc1N1CCC(n2cc(C(=O)NC3CC3)nn2)CC1. The highest BCUT2D eigenvalue weighted by atomic mass is 16.2. The van der Waals surface area contributed by atoms with E-state index in [1.54, 1.807) is 29.2 Å². The fourth-order valence-corrected chi connectivity index (χ4v) is 3.23. The molecule has 0 unspecified atom stereocenters. The molecule has 4 rings (SSSR count). The number of piperidine rings is 1. The van der Waals surface area contributed by atoms with Crippen molar-refractivity contribution in [2.24, 2.45) is 5.73 Å². The van der Waals surface area contributed by atoms with E-state index in [9.17, 15) is 9.59 Å². The van der Waals surface area contributed by atoms with Gasteiger partial charge in [-0.3, -0.25) is 9.59 Å². The van der Waals surface area contributed by atoms with Gasteiger partial charge in [0.05, 0.1) is 17.8 Å². The number of aromatic nitrogens is 4. The van der Waals surface area contributed by atoms with Crippen LogP contribution in [-0.4, -0.2) is 50.9 Å². The second-order valence-electron chi connectivity index (χ2n) is 6.79. The number of anilines is 1. The van der Waals surface area contributed by atoms with Gasteiger partial charge in [0.15, 0.2) is 5.69 Å². The number of amides is 2. The lowest BCUT2D eigenvalue weighted by Crippen LogP contribution is -2.36. The van der Waals surface area contributed by atoms with Gasteiger partial charge in [-0.1, -0.05) is 5.21 Å². The highest BCUT2D eigenvalue weighted by molar-refractivity contribution is 5.97. The van der Waals surface area contributed by atoms with Gasteiger partial charge >= 0.3 is 0 Å². The first-order chi connectivity index (χ1) is 12.6. The monoisotopic (exact) mass is 355 g/mol. The molecule has 2 aromatic heterocycles. The summed E-state index contributed by atoms with van der Waals surface area (Å²) in [5, 5.41) is 11.0. The van der Waals surface area contributed by atoms with Crippen molar-refractivity contribution in [2.45, 2.75) is 37.8 Å². The Kier molecular flexibility index (Phi) is 4.27. The average molecular weight is 355 g/mol. The lowest BCUT2D eigenvalue weighted by molar-refractivity contribution is 0.0944. The Morgan fingerprint density at radius 2 is 1.96 bits per heavy atom. The van der Waals surface area contributed by atoms with Crippen LogP contribution < -0.4 is 16.0 Å². The molecule has 9 nitrogen and oxygen atoms in total. The third-order valence-electron chi connectivity index (χ3n) is 4.85. The zero-order chi connectivity index (χ0) is 18.1. The molecule has 2 aromatic rings. The molecule has 2 fully saturated rings. The standard InChI is InChI=1S/C17H21N7O2/c18-15(25)13-2-1-7-19-16(13)23-8-5-12(6-9-23)24-10-14(21-22-24)17(26)20-11-3-4-11/h1-2,7,10-12H,3-6,8-9H2,(H2,18,25)(H,20,26). The molecule has 3 N–H and O–H groups in total. The van der Waals surface area contributed by atoms with Crippen molar-refractivity contribution in [1.82, 2.24) is 25.3 Å². The normalized spacial score (nSPS) is 17.9. The van der Waals surface area contributed by atoms with Crippen molar-refractivity contribution >= 4 is 17.6 Å². The van der Waals surface area contributed by atoms with Crippen molar-refractivity contribution in [1.29, 1.82) is 0 Å². The quantitative estimate of drug-likeness (QED) is 0.806. The van der Waals surface area contributed by atoms with Crippen LogP contribution in [0.15, 0.2) is 24.5 Å². The third kappa shape index (κ3) is 3.37. The summed E-state index contributed by atoms with van der Waals surface area (Å²) < 4.78 is 1.77. The lowest BCUT2D eigenvalue weighted by Gasteiger charge is -2.33. The minimum atomic E-state index is -0.474. The molecule has 26 heavy (non-hydrogen) atoms. The van der Waals surface area contributed by atoms with E-state index < -0.39 is 5.91 Å². The van der Waals surface area contributed by atoms with Crippen LogP contribution >= 0.6 is 0 Å². The fraction of sp³-hybridized carbons (Fsp3) is 0.471. The van der Waals surface area contributed by atoms with Crippen LogP contribution in [0, 0.1) is 0 Å². The fourth-order valence-electron chi connectivity index (χ4n) is 3.23. The first-order valence-electron chi connectivity index (χ1n) is 8.84. The number of nitrogens with zero attached hydrogens (tertiary/aromatic N) is 5. The molecule has 1 aliphatic heterocycles. The maximum Gasteiger partial charge on any atom is 0.273 e. The Morgan fingerprint density at radius 1 is 1.19 bits per heavy atom. The van der Waals surface area contributed by atoms with Crippen molar-refractivity contribution in [3.05, 3.63) is 35.8 Å². The average Bonchev–Trinajstić information content (AvgIpc) is 3.33. The molecule has 0 radical (unpaired) electrons. The van der Waals surface area contributed by atoms with Crippen LogP contribution in [0.1, 0.15) is 52.6 Å². The first kappa shape index (κ1) is 16.5. The lowest BCUT2D eigenvalue weighted by atomic mass is 10.0. The zero-order valence-electron chi connectivity index (χ0n) is 14.3. The summed E-state index contributed by atoms with van der Waals surface area (Å²) in [6.45, 7) is 1.46. The van der Waals surface area contributed by atoms with Gasteiger partial charge in [-0.25, -0.2) is 9.67 Å². The van der Waals surface area contributed by atoms with Gasteiger partial charge in [0, 0.05) is 25.3 Å². The Morgan fingerprint density at radius 3 is 2.65 bits per heavy atom. The number of carbonyl (C=O) groups is 2. The van der Waals surface area contributed by atoms with Crippen LogP contribution in [0.3, 0.4) is 0 Å². The van der Waals surface area contributed by atoms with Crippen molar-refractivity contribution < 1.29 is 9.59 Å². The van der Waals surface area contributed by atoms with Gasteiger partial charge in [0.2, 0.25) is 0 Å². The van der Waals surface area contributed by atoms with Crippen LogP contribution in [-0.2, 0) is 0 Å².